The summed E-state index contributed by atoms with van der Waals surface area (Å²) >= 11 is 0. The van der Waals surface area contributed by atoms with Crippen LogP contribution in [0.4, 0.5) is 10.1 Å². The molecule has 1 N–H and O–H groups in total. The molecule has 0 amide bonds. The standard InChI is InChI=1S/C36H47FN4O2/c1-43-35(42)21-27-5-2-8-34(27)36(25-40-17-4-18-40,29-6-3-7-30(37)22-29)28-15-19-41(20-16-28)33-14-13-32(23-33)39-31-11-9-26(24-38)10-12-31/h3,6-7,9-12,22,27-28,32-34,39H,2,4-5,8,13-21,23,25H2,1H3/t27-,32-,33?,34+,36+/m1/s1. The second-order valence-electron chi connectivity index (χ2n) is 13.6. The number of benzene rings is 2. The van der Waals surface area contributed by atoms with E-state index in [1.165, 1.54) is 20.0 Å². The lowest BCUT2D eigenvalue weighted by Gasteiger charge is -2.54. The Balaban J connectivity index is 1.20. The van der Waals surface area contributed by atoms with E-state index in [-0.39, 0.29) is 23.1 Å². The van der Waals surface area contributed by atoms with E-state index >= 15 is 0 Å². The van der Waals surface area contributed by atoms with Crippen LogP contribution in [0.5, 0.6) is 0 Å². The number of halogens is 1. The van der Waals surface area contributed by atoms with Gasteiger partial charge >= 0.3 is 5.97 Å². The van der Waals surface area contributed by atoms with Crippen molar-refractivity contribution in [3.05, 3.63) is 65.5 Å². The number of nitriles is 1. The molecule has 6 rings (SSSR count). The summed E-state index contributed by atoms with van der Waals surface area (Å²) in [6, 6.07) is 18.5. The molecule has 2 saturated carbocycles. The molecule has 5 atom stereocenters. The van der Waals surface area contributed by atoms with Crippen molar-refractivity contribution in [2.45, 2.75) is 81.7 Å². The number of carbonyl (C=O) groups excluding carboxylic acids is 1. The maximum atomic E-state index is 14.9. The highest BCUT2D eigenvalue weighted by atomic mass is 19.1. The van der Waals surface area contributed by atoms with E-state index < -0.39 is 0 Å². The highest BCUT2D eigenvalue weighted by molar-refractivity contribution is 5.69. The first-order chi connectivity index (χ1) is 21.0. The first-order valence-corrected chi connectivity index (χ1v) is 16.5. The zero-order valence-electron chi connectivity index (χ0n) is 25.6. The van der Waals surface area contributed by atoms with E-state index in [9.17, 15) is 9.18 Å². The zero-order chi connectivity index (χ0) is 29.8. The van der Waals surface area contributed by atoms with Crippen LogP contribution in [0.3, 0.4) is 0 Å². The van der Waals surface area contributed by atoms with Gasteiger partial charge in [0, 0.05) is 36.2 Å². The Morgan fingerprint density at radius 1 is 1.02 bits per heavy atom. The molecule has 2 aliphatic heterocycles. The summed E-state index contributed by atoms with van der Waals surface area (Å²) in [5.74, 6) is 0.798. The summed E-state index contributed by atoms with van der Waals surface area (Å²) in [7, 11) is 1.50. The molecule has 4 fully saturated rings. The van der Waals surface area contributed by atoms with Crippen molar-refractivity contribution in [3.63, 3.8) is 0 Å². The number of hydrogen-bond acceptors (Lipinski definition) is 6. The Kier molecular flexibility index (Phi) is 9.35. The molecule has 2 aromatic rings. The number of esters is 1. The lowest BCUT2D eigenvalue weighted by Crippen LogP contribution is -2.57. The van der Waals surface area contributed by atoms with E-state index in [0.717, 1.165) is 88.9 Å². The van der Waals surface area contributed by atoms with E-state index in [4.69, 9.17) is 10.00 Å². The van der Waals surface area contributed by atoms with Crippen molar-refractivity contribution < 1.29 is 13.9 Å². The van der Waals surface area contributed by atoms with Gasteiger partial charge in [-0.3, -0.25) is 4.79 Å². The van der Waals surface area contributed by atoms with Crippen LogP contribution in [-0.4, -0.2) is 67.7 Å². The molecule has 2 aromatic carbocycles. The number of likely N-dealkylation sites (tertiary alicyclic amines) is 2. The Morgan fingerprint density at radius 2 is 1.81 bits per heavy atom. The van der Waals surface area contributed by atoms with E-state index in [1.807, 2.05) is 36.4 Å². The minimum Gasteiger partial charge on any atom is -0.469 e. The molecule has 230 valence electrons. The molecule has 0 aromatic heterocycles. The molecule has 4 aliphatic rings. The van der Waals surface area contributed by atoms with Gasteiger partial charge in [0.25, 0.3) is 0 Å². The maximum Gasteiger partial charge on any atom is 0.305 e. The van der Waals surface area contributed by atoms with Crippen LogP contribution in [-0.2, 0) is 14.9 Å². The van der Waals surface area contributed by atoms with Crippen LogP contribution in [0.15, 0.2) is 48.5 Å². The predicted octanol–water partition coefficient (Wildman–Crippen LogP) is 6.37. The fraction of sp³-hybridized carbons (Fsp3) is 0.611. The van der Waals surface area contributed by atoms with Gasteiger partial charge < -0.3 is 19.9 Å². The SMILES string of the molecule is COC(=O)C[C@H]1CCC[C@@H]1[C@](CN1CCC1)(c1cccc(F)c1)C1CCN(C2CC[C@@H](Nc3ccc(C#N)cc3)C2)CC1. The average molecular weight is 587 g/mol. The number of anilines is 1. The topological polar surface area (TPSA) is 68.6 Å². The molecule has 2 heterocycles. The average Bonchev–Trinajstić information content (AvgIpc) is 3.67. The van der Waals surface area contributed by atoms with Crippen molar-refractivity contribution >= 4 is 11.7 Å². The molecule has 6 nitrogen and oxygen atoms in total. The predicted molar refractivity (Wildman–Crippen MR) is 167 cm³/mol. The fourth-order valence-corrected chi connectivity index (χ4v) is 9.11. The van der Waals surface area contributed by atoms with Gasteiger partial charge in [0.15, 0.2) is 0 Å². The molecule has 43 heavy (non-hydrogen) atoms. The van der Waals surface area contributed by atoms with Crippen molar-refractivity contribution in [2.75, 3.05) is 45.2 Å². The fourth-order valence-electron chi connectivity index (χ4n) is 9.11. The number of nitrogens with zero attached hydrogens (tertiary/aromatic N) is 3. The molecular weight excluding hydrogens is 539 g/mol. The number of nitrogens with one attached hydrogen (secondary N) is 1. The Labute approximate surface area is 256 Å². The number of carbonyl (C=O) groups is 1. The summed E-state index contributed by atoms with van der Waals surface area (Å²) in [6.45, 7) is 5.33. The van der Waals surface area contributed by atoms with Gasteiger partial charge in [0.2, 0.25) is 0 Å². The number of hydrogen-bond donors (Lipinski definition) is 1. The Bertz CT molecular complexity index is 1280. The van der Waals surface area contributed by atoms with Crippen molar-refractivity contribution in [1.82, 2.24) is 9.80 Å². The van der Waals surface area contributed by atoms with Crippen LogP contribution >= 0.6 is 0 Å². The number of piperidine rings is 1. The van der Waals surface area contributed by atoms with Gasteiger partial charge in [0.05, 0.1) is 18.7 Å². The monoisotopic (exact) mass is 586 g/mol. The van der Waals surface area contributed by atoms with Gasteiger partial charge in [-0.1, -0.05) is 18.6 Å². The van der Waals surface area contributed by atoms with Crippen LogP contribution in [0.2, 0.25) is 0 Å². The first kappa shape index (κ1) is 30.1. The minimum atomic E-state index is -0.168. The molecule has 0 bridgehead atoms. The molecule has 7 heteroatoms. The van der Waals surface area contributed by atoms with Crippen LogP contribution in [0, 0.1) is 34.9 Å². The minimum absolute atomic E-state index is 0.116. The molecule has 2 saturated heterocycles. The molecular formula is C36H47FN4O2. The maximum absolute atomic E-state index is 14.9. The molecule has 1 unspecified atom stereocenters. The summed E-state index contributed by atoms with van der Waals surface area (Å²) in [4.78, 5) is 17.8. The van der Waals surface area contributed by atoms with Crippen molar-refractivity contribution in [1.29, 1.82) is 5.26 Å². The van der Waals surface area contributed by atoms with Gasteiger partial charge in [0.1, 0.15) is 5.82 Å². The van der Waals surface area contributed by atoms with Gasteiger partial charge in [-0.2, -0.15) is 5.26 Å². The van der Waals surface area contributed by atoms with Crippen LogP contribution < -0.4 is 5.32 Å². The normalized spacial score (nSPS) is 28.1. The summed E-state index contributed by atoms with van der Waals surface area (Å²) in [5.41, 5.74) is 2.76. The third-order valence-corrected chi connectivity index (χ3v) is 11.3. The summed E-state index contributed by atoms with van der Waals surface area (Å²) < 4.78 is 20.1. The van der Waals surface area contributed by atoms with Gasteiger partial charge in [-0.05, 0) is 137 Å². The molecule has 0 radical (unpaired) electrons. The van der Waals surface area contributed by atoms with Crippen molar-refractivity contribution in [3.8, 4) is 6.07 Å². The summed E-state index contributed by atoms with van der Waals surface area (Å²) in [5, 5.41) is 12.8. The quantitative estimate of drug-likeness (QED) is 0.327. The Morgan fingerprint density at radius 3 is 2.49 bits per heavy atom. The lowest BCUT2D eigenvalue weighted by molar-refractivity contribution is -0.142. The number of methoxy groups -OCH3 is 1. The highest BCUT2D eigenvalue weighted by Gasteiger charge is 2.53. The second-order valence-corrected chi connectivity index (χ2v) is 13.6. The zero-order valence-corrected chi connectivity index (χ0v) is 25.6. The lowest BCUT2D eigenvalue weighted by atomic mass is 9.56. The van der Waals surface area contributed by atoms with Crippen LogP contribution in [0.1, 0.15) is 75.3 Å². The third-order valence-electron chi connectivity index (χ3n) is 11.3. The molecule has 2 aliphatic carbocycles. The smallest absolute Gasteiger partial charge is 0.305 e. The van der Waals surface area contributed by atoms with E-state index in [0.29, 0.717) is 35.9 Å². The number of ether oxygens (including phenoxy) is 1. The van der Waals surface area contributed by atoms with E-state index in [1.54, 1.807) is 6.07 Å². The second kappa shape index (κ2) is 13.4. The highest BCUT2D eigenvalue weighted by Crippen LogP contribution is 2.54. The van der Waals surface area contributed by atoms with Gasteiger partial charge in [-0.15, -0.1) is 0 Å². The third kappa shape index (κ3) is 6.47. The van der Waals surface area contributed by atoms with Crippen molar-refractivity contribution in [2.24, 2.45) is 17.8 Å². The van der Waals surface area contributed by atoms with Gasteiger partial charge in [-0.25, -0.2) is 4.39 Å². The number of rotatable bonds is 10. The van der Waals surface area contributed by atoms with Crippen LogP contribution in [0.25, 0.3) is 0 Å². The largest absolute Gasteiger partial charge is 0.469 e. The first-order valence-electron chi connectivity index (χ1n) is 16.5. The van der Waals surface area contributed by atoms with E-state index in [2.05, 4.69) is 27.3 Å². The Hall–Kier alpha value is -2.95. The summed E-state index contributed by atoms with van der Waals surface area (Å²) in [6.07, 6.45) is 10.7. The molecule has 0 spiro atoms.